The second-order valence-electron chi connectivity index (χ2n) is 6.77. The molecule has 0 bridgehead atoms. The maximum atomic E-state index is 12.5. The minimum atomic E-state index is -0.592. The molecule has 140 valence electrons. The van der Waals surface area contributed by atoms with Crippen molar-refractivity contribution in [2.45, 2.75) is 32.7 Å². The number of nitrogens with one attached hydrogen (secondary N) is 2. The Morgan fingerprint density at radius 2 is 1.70 bits per heavy atom. The highest BCUT2D eigenvalue weighted by Gasteiger charge is 2.38. The van der Waals surface area contributed by atoms with E-state index in [4.69, 9.17) is 0 Å². The molecule has 1 aliphatic rings. The van der Waals surface area contributed by atoms with Crippen molar-refractivity contribution < 1.29 is 14.4 Å². The molecule has 0 saturated carbocycles. The number of amides is 4. The summed E-state index contributed by atoms with van der Waals surface area (Å²) in [5.41, 5.74) is 3.68. The fourth-order valence-electron chi connectivity index (χ4n) is 3.21. The molecule has 1 atom stereocenters. The second kappa shape index (κ2) is 8.03. The molecule has 0 aromatic heterocycles. The number of urea groups is 1. The third kappa shape index (κ3) is 4.34. The van der Waals surface area contributed by atoms with Gasteiger partial charge >= 0.3 is 6.03 Å². The number of hydrogen-bond donors (Lipinski definition) is 2. The van der Waals surface area contributed by atoms with Crippen LogP contribution in [0.2, 0.25) is 0 Å². The van der Waals surface area contributed by atoms with Gasteiger partial charge in [-0.3, -0.25) is 14.5 Å². The minimum absolute atomic E-state index is 0.291. The monoisotopic (exact) mass is 365 g/mol. The predicted octanol–water partition coefficient (Wildman–Crippen LogP) is 2.80. The normalized spacial score (nSPS) is 16.4. The molecule has 3 rings (SSSR count). The van der Waals surface area contributed by atoms with Crippen molar-refractivity contribution >= 4 is 23.5 Å². The molecule has 6 heteroatoms. The molecule has 2 aromatic rings. The smallest absolute Gasteiger partial charge is 0.325 e. The number of rotatable bonds is 6. The quantitative estimate of drug-likeness (QED) is 0.773. The van der Waals surface area contributed by atoms with Crippen LogP contribution in [-0.2, 0) is 16.0 Å². The number of imide groups is 1. The van der Waals surface area contributed by atoms with Gasteiger partial charge in [-0.2, -0.15) is 0 Å². The minimum Gasteiger partial charge on any atom is -0.326 e. The Morgan fingerprint density at radius 3 is 2.37 bits per heavy atom. The standard InChI is InChI=1S/C21H23N3O3/c1-14-7-6-8-15(2)19(14)23-18(25)13-24-20(26)17(22-21(24)27)12-11-16-9-4-3-5-10-16/h3-10,17H,11-13H2,1-2H3,(H,22,27)(H,23,25)/t17-/m0/s1. The lowest BCUT2D eigenvalue weighted by Crippen LogP contribution is -2.38. The average Bonchev–Trinajstić information content (AvgIpc) is 2.91. The SMILES string of the molecule is Cc1cccc(C)c1NC(=O)CN1C(=O)N[C@@H](CCc2ccccc2)C1=O. The van der Waals surface area contributed by atoms with Gasteiger partial charge in [0.2, 0.25) is 5.91 Å². The Kier molecular flexibility index (Phi) is 5.54. The Hall–Kier alpha value is -3.15. The van der Waals surface area contributed by atoms with Gasteiger partial charge in [-0.1, -0.05) is 48.5 Å². The maximum absolute atomic E-state index is 12.5. The van der Waals surface area contributed by atoms with Gasteiger partial charge in [0.1, 0.15) is 12.6 Å². The molecule has 0 aliphatic carbocycles. The number of para-hydroxylation sites is 1. The number of carbonyl (C=O) groups is 3. The van der Waals surface area contributed by atoms with Gasteiger partial charge < -0.3 is 10.6 Å². The number of aryl methyl sites for hydroxylation is 3. The zero-order valence-corrected chi connectivity index (χ0v) is 15.5. The highest BCUT2D eigenvalue weighted by atomic mass is 16.2. The number of hydrogen-bond acceptors (Lipinski definition) is 3. The Balaban J connectivity index is 1.59. The van der Waals surface area contributed by atoms with Crippen LogP contribution in [0.15, 0.2) is 48.5 Å². The van der Waals surface area contributed by atoms with E-state index in [0.29, 0.717) is 12.8 Å². The van der Waals surface area contributed by atoms with Crippen LogP contribution in [0.5, 0.6) is 0 Å². The van der Waals surface area contributed by atoms with Gasteiger partial charge in [-0.15, -0.1) is 0 Å². The molecule has 1 aliphatic heterocycles. The number of anilines is 1. The van der Waals surface area contributed by atoms with Crippen molar-refractivity contribution in [3.63, 3.8) is 0 Å². The van der Waals surface area contributed by atoms with E-state index in [1.807, 2.05) is 62.4 Å². The molecule has 0 spiro atoms. The summed E-state index contributed by atoms with van der Waals surface area (Å²) in [5.74, 6) is -0.743. The first-order chi connectivity index (χ1) is 13.0. The van der Waals surface area contributed by atoms with Crippen molar-refractivity contribution in [3.05, 3.63) is 65.2 Å². The predicted molar refractivity (Wildman–Crippen MR) is 103 cm³/mol. The van der Waals surface area contributed by atoms with Crippen molar-refractivity contribution in [1.82, 2.24) is 10.2 Å². The van der Waals surface area contributed by atoms with Crippen molar-refractivity contribution in [1.29, 1.82) is 0 Å². The van der Waals surface area contributed by atoms with E-state index in [9.17, 15) is 14.4 Å². The molecule has 1 heterocycles. The lowest BCUT2D eigenvalue weighted by molar-refractivity contribution is -0.130. The second-order valence-corrected chi connectivity index (χ2v) is 6.77. The van der Waals surface area contributed by atoms with Crippen LogP contribution in [0.25, 0.3) is 0 Å². The van der Waals surface area contributed by atoms with Crippen LogP contribution in [0, 0.1) is 13.8 Å². The third-order valence-corrected chi connectivity index (χ3v) is 4.72. The molecular formula is C21H23N3O3. The Morgan fingerprint density at radius 1 is 1.04 bits per heavy atom. The van der Waals surface area contributed by atoms with Crippen molar-refractivity contribution in [3.8, 4) is 0 Å². The van der Waals surface area contributed by atoms with Gasteiger partial charge in [0.15, 0.2) is 0 Å². The van der Waals surface area contributed by atoms with E-state index in [0.717, 1.165) is 27.3 Å². The lowest BCUT2D eigenvalue weighted by atomic mass is 10.1. The summed E-state index contributed by atoms with van der Waals surface area (Å²) in [6.07, 6.45) is 1.18. The fraction of sp³-hybridized carbons (Fsp3) is 0.286. The number of benzene rings is 2. The van der Waals surface area contributed by atoms with Gasteiger partial charge in [-0.05, 0) is 43.4 Å². The first-order valence-corrected chi connectivity index (χ1v) is 8.97. The first kappa shape index (κ1) is 18.6. The third-order valence-electron chi connectivity index (χ3n) is 4.72. The molecule has 2 aromatic carbocycles. The molecular weight excluding hydrogens is 342 g/mol. The van der Waals surface area contributed by atoms with E-state index in [1.165, 1.54) is 0 Å². The topological polar surface area (TPSA) is 78.5 Å². The largest absolute Gasteiger partial charge is 0.326 e. The van der Waals surface area contributed by atoms with Gasteiger partial charge in [0.25, 0.3) is 5.91 Å². The summed E-state index contributed by atoms with van der Waals surface area (Å²) in [6, 6.07) is 14.4. The Bertz CT molecular complexity index is 844. The van der Waals surface area contributed by atoms with Gasteiger partial charge in [0.05, 0.1) is 0 Å². The average molecular weight is 365 g/mol. The summed E-state index contributed by atoms with van der Waals surface area (Å²) in [4.78, 5) is 38.0. The van der Waals surface area contributed by atoms with Crippen LogP contribution < -0.4 is 10.6 Å². The van der Waals surface area contributed by atoms with Crippen LogP contribution in [-0.4, -0.2) is 35.3 Å². The summed E-state index contributed by atoms with van der Waals surface area (Å²) in [6.45, 7) is 3.51. The molecule has 27 heavy (non-hydrogen) atoms. The molecule has 0 unspecified atom stereocenters. The van der Waals surface area contributed by atoms with E-state index < -0.39 is 12.1 Å². The van der Waals surface area contributed by atoms with Gasteiger partial charge in [0, 0.05) is 5.69 Å². The maximum Gasteiger partial charge on any atom is 0.325 e. The van der Waals surface area contributed by atoms with Gasteiger partial charge in [-0.25, -0.2) is 4.79 Å². The number of carbonyl (C=O) groups excluding carboxylic acids is 3. The van der Waals surface area contributed by atoms with Crippen LogP contribution in [0.1, 0.15) is 23.1 Å². The zero-order chi connectivity index (χ0) is 19.4. The number of nitrogens with zero attached hydrogens (tertiary/aromatic N) is 1. The molecule has 4 amide bonds. The van der Waals surface area contributed by atoms with E-state index in [-0.39, 0.29) is 18.4 Å². The first-order valence-electron chi connectivity index (χ1n) is 8.97. The highest BCUT2D eigenvalue weighted by Crippen LogP contribution is 2.20. The fourth-order valence-corrected chi connectivity index (χ4v) is 3.21. The summed E-state index contributed by atoms with van der Waals surface area (Å²) in [7, 11) is 0. The van der Waals surface area contributed by atoms with Crippen molar-refractivity contribution in [2.24, 2.45) is 0 Å². The molecule has 2 N–H and O–H groups in total. The summed E-state index contributed by atoms with van der Waals surface area (Å²) < 4.78 is 0. The van der Waals surface area contributed by atoms with E-state index in [1.54, 1.807) is 0 Å². The molecule has 1 saturated heterocycles. The highest BCUT2D eigenvalue weighted by molar-refractivity contribution is 6.08. The molecule has 1 fully saturated rings. The van der Waals surface area contributed by atoms with E-state index >= 15 is 0 Å². The summed E-state index contributed by atoms with van der Waals surface area (Å²) >= 11 is 0. The van der Waals surface area contributed by atoms with Crippen LogP contribution in [0.3, 0.4) is 0 Å². The van der Waals surface area contributed by atoms with E-state index in [2.05, 4.69) is 10.6 Å². The summed E-state index contributed by atoms with van der Waals surface area (Å²) in [5, 5.41) is 5.48. The zero-order valence-electron chi connectivity index (χ0n) is 15.5. The van der Waals surface area contributed by atoms with Crippen LogP contribution >= 0.6 is 0 Å². The Labute approximate surface area is 158 Å². The molecule has 6 nitrogen and oxygen atoms in total. The lowest BCUT2D eigenvalue weighted by Gasteiger charge is -2.15. The molecule has 0 radical (unpaired) electrons. The van der Waals surface area contributed by atoms with Crippen LogP contribution in [0.4, 0.5) is 10.5 Å². The van der Waals surface area contributed by atoms with Crippen molar-refractivity contribution in [2.75, 3.05) is 11.9 Å².